The molecule has 0 saturated carbocycles. The van der Waals surface area contributed by atoms with E-state index < -0.39 is 9.84 Å². The van der Waals surface area contributed by atoms with E-state index in [0.717, 1.165) is 26.2 Å². The highest BCUT2D eigenvalue weighted by atomic mass is 32.2. The second-order valence-electron chi connectivity index (χ2n) is 8.98. The monoisotopic (exact) mass is 421 g/mol. The van der Waals surface area contributed by atoms with Crippen LogP contribution in [0.4, 0.5) is 5.69 Å². The molecule has 1 amide bonds. The van der Waals surface area contributed by atoms with Gasteiger partial charge in [-0.3, -0.25) is 9.69 Å². The molecule has 0 spiro atoms. The maximum absolute atomic E-state index is 13.1. The maximum atomic E-state index is 13.1. The third-order valence-corrected chi connectivity index (χ3v) is 7.93. The highest BCUT2D eigenvalue weighted by Gasteiger charge is 2.35. The van der Waals surface area contributed by atoms with Crippen LogP contribution in [0.15, 0.2) is 18.2 Å². The van der Waals surface area contributed by atoms with E-state index in [0.29, 0.717) is 25.4 Å². The number of sulfone groups is 1. The standard InChI is InChI=1S/C22H35N3O3S/c1-17(2)14-25(20-8-13-29(27,28)16-20)22(26)15-23-9-11-24(12-10-23)21-7-5-6-18(3)19(21)4/h5-7,17,20H,8-16H2,1-4H3. The minimum absolute atomic E-state index is 0.0704. The summed E-state index contributed by atoms with van der Waals surface area (Å²) in [6.45, 7) is 13.0. The summed E-state index contributed by atoms with van der Waals surface area (Å²) < 4.78 is 23.8. The SMILES string of the molecule is Cc1cccc(N2CCN(CC(=O)N(CC(C)C)C3CCS(=O)(=O)C3)CC2)c1C. The molecule has 0 radical (unpaired) electrons. The van der Waals surface area contributed by atoms with Crippen molar-refractivity contribution in [1.29, 1.82) is 0 Å². The lowest BCUT2D eigenvalue weighted by Crippen LogP contribution is -2.52. The second-order valence-corrected chi connectivity index (χ2v) is 11.2. The van der Waals surface area contributed by atoms with E-state index in [1.807, 2.05) is 4.90 Å². The van der Waals surface area contributed by atoms with Crippen molar-refractivity contribution < 1.29 is 13.2 Å². The Balaban J connectivity index is 1.59. The van der Waals surface area contributed by atoms with Crippen molar-refractivity contribution in [2.75, 3.05) is 55.7 Å². The second kappa shape index (κ2) is 9.04. The minimum atomic E-state index is -3.00. The van der Waals surface area contributed by atoms with Gasteiger partial charge in [0.05, 0.1) is 18.1 Å². The molecule has 29 heavy (non-hydrogen) atoms. The van der Waals surface area contributed by atoms with Crippen molar-refractivity contribution in [3.8, 4) is 0 Å². The Bertz CT molecular complexity index is 830. The lowest BCUT2D eigenvalue weighted by atomic mass is 10.1. The summed E-state index contributed by atoms with van der Waals surface area (Å²) in [4.78, 5) is 19.5. The van der Waals surface area contributed by atoms with E-state index in [9.17, 15) is 13.2 Å². The fourth-order valence-corrected chi connectivity index (χ4v) is 6.11. The Morgan fingerprint density at radius 2 is 1.86 bits per heavy atom. The summed E-state index contributed by atoms with van der Waals surface area (Å²) in [6, 6.07) is 6.26. The normalized spacial score (nSPS) is 22.2. The number of nitrogens with zero attached hydrogens (tertiary/aromatic N) is 3. The molecule has 2 fully saturated rings. The third kappa shape index (κ3) is 5.51. The molecule has 2 aliphatic rings. The van der Waals surface area contributed by atoms with Gasteiger partial charge in [0.2, 0.25) is 5.91 Å². The van der Waals surface area contributed by atoms with E-state index in [-0.39, 0.29) is 23.5 Å². The summed E-state index contributed by atoms with van der Waals surface area (Å²) >= 11 is 0. The topological polar surface area (TPSA) is 60.9 Å². The van der Waals surface area contributed by atoms with Crippen LogP contribution >= 0.6 is 0 Å². The predicted molar refractivity (Wildman–Crippen MR) is 118 cm³/mol. The van der Waals surface area contributed by atoms with Crippen molar-refractivity contribution in [1.82, 2.24) is 9.80 Å². The molecule has 0 N–H and O–H groups in total. The molecule has 1 unspecified atom stereocenters. The number of hydrogen-bond acceptors (Lipinski definition) is 5. The largest absolute Gasteiger partial charge is 0.369 e. The molecule has 2 heterocycles. The van der Waals surface area contributed by atoms with Gasteiger partial charge >= 0.3 is 0 Å². The molecule has 3 rings (SSSR count). The molecule has 1 aromatic rings. The average molecular weight is 422 g/mol. The molecular formula is C22H35N3O3S. The van der Waals surface area contributed by atoms with Gasteiger partial charge in [-0.2, -0.15) is 0 Å². The first-order valence-electron chi connectivity index (χ1n) is 10.7. The Hall–Kier alpha value is -1.60. The lowest BCUT2D eigenvalue weighted by molar-refractivity contribution is -0.135. The molecule has 2 saturated heterocycles. The quantitative estimate of drug-likeness (QED) is 0.704. The van der Waals surface area contributed by atoms with Gasteiger partial charge in [-0.1, -0.05) is 26.0 Å². The molecule has 1 atom stereocenters. The van der Waals surface area contributed by atoms with Crippen LogP contribution < -0.4 is 4.90 Å². The number of carbonyl (C=O) groups excluding carboxylic acids is 1. The number of aryl methyl sites for hydroxylation is 1. The van der Waals surface area contributed by atoms with Crippen molar-refractivity contribution in [3.63, 3.8) is 0 Å². The lowest BCUT2D eigenvalue weighted by Gasteiger charge is -2.38. The molecule has 0 aliphatic carbocycles. The summed E-state index contributed by atoms with van der Waals surface area (Å²) in [6.07, 6.45) is 0.571. The summed E-state index contributed by atoms with van der Waals surface area (Å²) in [7, 11) is -3.00. The van der Waals surface area contributed by atoms with Gasteiger partial charge in [0.1, 0.15) is 0 Å². The molecule has 1 aromatic carbocycles. The first-order valence-corrected chi connectivity index (χ1v) is 12.5. The van der Waals surface area contributed by atoms with Gasteiger partial charge in [-0.25, -0.2) is 8.42 Å². The number of hydrogen-bond donors (Lipinski definition) is 0. The first kappa shape index (κ1) is 22.1. The predicted octanol–water partition coefficient (Wildman–Crippen LogP) is 2.10. The maximum Gasteiger partial charge on any atom is 0.237 e. The van der Waals surface area contributed by atoms with Crippen LogP contribution in [0.5, 0.6) is 0 Å². The fraction of sp³-hybridized carbons (Fsp3) is 0.682. The number of amides is 1. The van der Waals surface area contributed by atoms with Crippen LogP contribution in [-0.4, -0.2) is 80.9 Å². The van der Waals surface area contributed by atoms with Crippen LogP contribution in [0, 0.1) is 19.8 Å². The Kier molecular flexibility index (Phi) is 6.89. The van der Waals surface area contributed by atoms with E-state index in [1.165, 1.54) is 16.8 Å². The molecule has 0 bridgehead atoms. The van der Waals surface area contributed by atoms with Crippen LogP contribution in [0.2, 0.25) is 0 Å². The number of carbonyl (C=O) groups is 1. The Morgan fingerprint density at radius 1 is 1.17 bits per heavy atom. The zero-order valence-corrected chi connectivity index (χ0v) is 19.0. The molecule has 2 aliphatic heterocycles. The minimum Gasteiger partial charge on any atom is -0.369 e. The fourth-order valence-electron chi connectivity index (χ4n) is 4.38. The van der Waals surface area contributed by atoms with E-state index in [2.05, 4.69) is 55.7 Å². The first-order chi connectivity index (χ1) is 13.7. The van der Waals surface area contributed by atoms with Crippen molar-refractivity contribution in [3.05, 3.63) is 29.3 Å². The van der Waals surface area contributed by atoms with Gasteiger partial charge in [-0.15, -0.1) is 0 Å². The average Bonchev–Trinajstić information content (AvgIpc) is 3.02. The van der Waals surface area contributed by atoms with E-state index >= 15 is 0 Å². The van der Waals surface area contributed by atoms with Gasteiger partial charge in [-0.05, 0) is 43.4 Å². The van der Waals surface area contributed by atoms with E-state index in [1.54, 1.807) is 0 Å². The van der Waals surface area contributed by atoms with Crippen LogP contribution in [0.3, 0.4) is 0 Å². The van der Waals surface area contributed by atoms with Gasteiger partial charge in [0, 0.05) is 44.5 Å². The number of benzene rings is 1. The highest BCUT2D eigenvalue weighted by Crippen LogP contribution is 2.24. The zero-order chi connectivity index (χ0) is 21.2. The van der Waals surface area contributed by atoms with E-state index in [4.69, 9.17) is 0 Å². The van der Waals surface area contributed by atoms with Gasteiger partial charge < -0.3 is 9.80 Å². The summed E-state index contributed by atoms with van der Waals surface area (Å²) in [5.41, 5.74) is 3.91. The molecular weight excluding hydrogens is 386 g/mol. The number of piperazine rings is 1. The van der Waals surface area contributed by atoms with Gasteiger partial charge in [0.15, 0.2) is 9.84 Å². The Morgan fingerprint density at radius 3 is 2.45 bits per heavy atom. The van der Waals surface area contributed by atoms with Crippen molar-refractivity contribution >= 4 is 21.4 Å². The number of anilines is 1. The molecule has 6 nitrogen and oxygen atoms in total. The summed E-state index contributed by atoms with van der Waals surface area (Å²) in [5.74, 6) is 0.712. The Labute approximate surface area is 175 Å². The van der Waals surface area contributed by atoms with Crippen molar-refractivity contribution in [2.45, 2.75) is 40.2 Å². The third-order valence-electron chi connectivity index (χ3n) is 6.18. The molecule has 162 valence electrons. The van der Waals surface area contributed by atoms with Crippen molar-refractivity contribution in [2.24, 2.45) is 5.92 Å². The molecule has 7 heteroatoms. The molecule has 0 aromatic heterocycles. The van der Waals surface area contributed by atoms with Crippen LogP contribution in [0.25, 0.3) is 0 Å². The zero-order valence-electron chi connectivity index (χ0n) is 18.2. The smallest absolute Gasteiger partial charge is 0.237 e. The highest BCUT2D eigenvalue weighted by molar-refractivity contribution is 7.91. The van der Waals surface area contributed by atoms with Crippen LogP contribution in [0.1, 0.15) is 31.4 Å². The van der Waals surface area contributed by atoms with Gasteiger partial charge in [0.25, 0.3) is 0 Å². The van der Waals surface area contributed by atoms with Crippen LogP contribution in [-0.2, 0) is 14.6 Å². The summed E-state index contributed by atoms with van der Waals surface area (Å²) in [5, 5.41) is 0. The number of rotatable bonds is 6.